The van der Waals surface area contributed by atoms with E-state index >= 15 is 0 Å². The zero-order chi connectivity index (χ0) is 24.5. The van der Waals surface area contributed by atoms with Crippen LogP contribution in [-0.4, -0.2) is 46.5 Å². The van der Waals surface area contributed by atoms with Crippen molar-refractivity contribution < 1.29 is 4.79 Å². The fourth-order valence-electron chi connectivity index (χ4n) is 4.48. The minimum Gasteiger partial charge on any atom is -0.353 e. The highest BCUT2D eigenvalue weighted by Gasteiger charge is 2.27. The molecule has 1 aliphatic heterocycles. The third kappa shape index (κ3) is 5.21. The Balaban J connectivity index is 0.00000304. The zero-order valence-electron chi connectivity index (χ0n) is 19.5. The van der Waals surface area contributed by atoms with Crippen molar-refractivity contribution in [1.82, 2.24) is 14.5 Å². The monoisotopic (exact) mass is 560 g/mol. The first-order chi connectivity index (χ1) is 16.9. The zero-order valence-corrected chi connectivity index (χ0v) is 22.6. The van der Waals surface area contributed by atoms with E-state index < -0.39 is 0 Å². The molecule has 0 spiro atoms. The molecule has 36 heavy (non-hydrogen) atoms. The van der Waals surface area contributed by atoms with Gasteiger partial charge in [-0.3, -0.25) is 4.79 Å². The average molecular weight is 562 g/mol. The normalized spacial score (nSPS) is 13.4. The molecule has 2 aromatic heterocycles. The van der Waals surface area contributed by atoms with E-state index in [1.165, 1.54) is 0 Å². The van der Waals surface area contributed by atoms with Crippen molar-refractivity contribution in [2.75, 3.05) is 31.1 Å². The Hall–Kier alpha value is -2.70. The quantitative estimate of drug-likeness (QED) is 0.265. The van der Waals surface area contributed by atoms with Gasteiger partial charge in [0.05, 0.1) is 22.0 Å². The molecule has 0 saturated carbocycles. The van der Waals surface area contributed by atoms with Crippen LogP contribution in [-0.2, 0) is 0 Å². The van der Waals surface area contributed by atoms with Gasteiger partial charge in [-0.05, 0) is 61.0 Å². The van der Waals surface area contributed by atoms with Crippen LogP contribution in [0.25, 0.3) is 16.9 Å². The van der Waals surface area contributed by atoms with Crippen molar-refractivity contribution in [3.8, 4) is 16.9 Å². The standard InChI is InChI=1S/C27H23Cl3N4O.ClH/c1-18-22(27(35)33-14-12-32(13-15-33)26-4-2-3-11-31-26)17-25(19-5-7-20(28)8-6-19)34(18)24-10-9-21(29)16-23(24)30;/h2-11,16-17H,12-15H2,1H3;1H. The lowest BCUT2D eigenvalue weighted by Crippen LogP contribution is -2.49. The van der Waals surface area contributed by atoms with Crippen LogP contribution in [0.1, 0.15) is 16.1 Å². The molecule has 5 nitrogen and oxygen atoms in total. The number of carbonyl (C=O) groups excluding carboxylic acids is 1. The minimum absolute atomic E-state index is 0. The molecule has 1 saturated heterocycles. The number of nitrogens with zero attached hydrogens (tertiary/aromatic N) is 4. The number of pyridine rings is 1. The molecule has 1 fully saturated rings. The molecule has 0 atom stereocenters. The number of halogens is 4. The van der Waals surface area contributed by atoms with Gasteiger partial charge in [0.2, 0.25) is 0 Å². The summed E-state index contributed by atoms with van der Waals surface area (Å²) < 4.78 is 2.01. The van der Waals surface area contributed by atoms with E-state index in [0.29, 0.717) is 33.7 Å². The van der Waals surface area contributed by atoms with Crippen LogP contribution >= 0.6 is 47.2 Å². The third-order valence-corrected chi connectivity index (χ3v) is 7.10. The predicted octanol–water partition coefficient (Wildman–Crippen LogP) is 7.19. The average Bonchev–Trinajstić information content (AvgIpc) is 3.21. The van der Waals surface area contributed by atoms with E-state index in [4.69, 9.17) is 34.8 Å². The van der Waals surface area contributed by atoms with E-state index in [1.807, 2.05) is 71.0 Å². The number of hydrogen-bond acceptors (Lipinski definition) is 3. The maximum Gasteiger partial charge on any atom is 0.255 e. The lowest BCUT2D eigenvalue weighted by molar-refractivity contribution is 0.0746. The van der Waals surface area contributed by atoms with Gasteiger partial charge in [0.15, 0.2) is 0 Å². The van der Waals surface area contributed by atoms with Crippen molar-refractivity contribution in [3.05, 3.63) is 99.3 Å². The molecule has 2 aromatic carbocycles. The Morgan fingerprint density at radius 1 is 0.861 bits per heavy atom. The Morgan fingerprint density at radius 3 is 2.19 bits per heavy atom. The van der Waals surface area contributed by atoms with E-state index in [-0.39, 0.29) is 18.3 Å². The van der Waals surface area contributed by atoms with Crippen molar-refractivity contribution in [2.45, 2.75) is 6.92 Å². The summed E-state index contributed by atoms with van der Waals surface area (Å²) >= 11 is 18.9. The molecule has 0 radical (unpaired) electrons. The van der Waals surface area contributed by atoms with Crippen LogP contribution in [0.4, 0.5) is 5.82 Å². The molecule has 3 heterocycles. The number of piperazine rings is 1. The van der Waals surface area contributed by atoms with Crippen molar-refractivity contribution in [3.63, 3.8) is 0 Å². The number of rotatable bonds is 4. The van der Waals surface area contributed by atoms with Gasteiger partial charge in [-0.25, -0.2) is 4.98 Å². The van der Waals surface area contributed by atoms with Crippen LogP contribution in [0.5, 0.6) is 0 Å². The first-order valence-electron chi connectivity index (χ1n) is 11.3. The van der Waals surface area contributed by atoms with Crippen molar-refractivity contribution in [1.29, 1.82) is 0 Å². The molecule has 186 valence electrons. The molecule has 0 bridgehead atoms. The van der Waals surface area contributed by atoms with Crippen molar-refractivity contribution in [2.24, 2.45) is 0 Å². The van der Waals surface area contributed by atoms with Gasteiger partial charge in [0.25, 0.3) is 5.91 Å². The summed E-state index contributed by atoms with van der Waals surface area (Å²) in [5, 5.41) is 1.71. The second kappa shape index (κ2) is 11.1. The first-order valence-corrected chi connectivity index (χ1v) is 12.4. The maximum atomic E-state index is 13.7. The summed E-state index contributed by atoms with van der Waals surface area (Å²) in [7, 11) is 0. The minimum atomic E-state index is 0. The summed E-state index contributed by atoms with van der Waals surface area (Å²) in [6.45, 7) is 4.66. The smallest absolute Gasteiger partial charge is 0.255 e. The van der Waals surface area contributed by atoms with Crippen LogP contribution in [0.15, 0.2) is 72.9 Å². The molecule has 0 N–H and O–H groups in total. The highest BCUT2D eigenvalue weighted by molar-refractivity contribution is 6.35. The van der Waals surface area contributed by atoms with Gasteiger partial charge >= 0.3 is 0 Å². The fraction of sp³-hybridized carbons (Fsp3) is 0.185. The van der Waals surface area contributed by atoms with Gasteiger partial charge in [-0.15, -0.1) is 12.4 Å². The van der Waals surface area contributed by atoms with Gasteiger partial charge < -0.3 is 14.4 Å². The van der Waals surface area contributed by atoms with Crippen molar-refractivity contribution >= 4 is 58.9 Å². The van der Waals surface area contributed by atoms with E-state index in [1.54, 1.807) is 18.3 Å². The van der Waals surface area contributed by atoms with E-state index in [0.717, 1.165) is 41.5 Å². The largest absolute Gasteiger partial charge is 0.353 e. The first kappa shape index (κ1) is 26.4. The Labute approximate surface area is 231 Å². The number of carbonyl (C=O) groups is 1. The number of hydrogen-bond donors (Lipinski definition) is 0. The van der Waals surface area contributed by atoms with Crippen LogP contribution in [0, 0.1) is 6.92 Å². The van der Waals surface area contributed by atoms with Gasteiger partial charge in [0, 0.05) is 48.1 Å². The van der Waals surface area contributed by atoms with Crippen LogP contribution in [0.3, 0.4) is 0 Å². The highest BCUT2D eigenvalue weighted by atomic mass is 35.5. The second-order valence-electron chi connectivity index (χ2n) is 8.43. The Kier molecular flexibility index (Phi) is 8.16. The lowest BCUT2D eigenvalue weighted by atomic mass is 10.1. The number of benzene rings is 2. The van der Waals surface area contributed by atoms with E-state index in [9.17, 15) is 4.79 Å². The number of anilines is 1. The Morgan fingerprint density at radius 2 is 1.56 bits per heavy atom. The topological polar surface area (TPSA) is 41.4 Å². The molecule has 9 heteroatoms. The number of aromatic nitrogens is 2. The molecule has 1 aliphatic rings. The fourth-order valence-corrected chi connectivity index (χ4v) is 5.10. The summed E-state index contributed by atoms with van der Waals surface area (Å²) in [6.07, 6.45) is 1.79. The summed E-state index contributed by atoms with van der Waals surface area (Å²) in [5.74, 6) is 0.937. The lowest BCUT2D eigenvalue weighted by Gasteiger charge is -2.35. The summed E-state index contributed by atoms with van der Waals surface area (Å²) in [4.78, 5) is 22.2. The molecule has 1 amide bonds. The third-order valence-electron chi connectivity index (χ3n) is 6.31. The predicted molar refractivity (Wildman–Crippen MR) is 151 cm³/mol. The van der Waals surface area contributed by atoms with Gasteiger partial charge in [0.1, 0.15) is 5.82 Å². The van der Waals surface area contributed by atoms with Gasteiger partial charge in [-0.1, -0.05) is 53.0 Å². The molecular formula is C27H24Cl4N4O. The van der Waals surface area contributed by atoms with Crippen LogP contribution < -0.4 is 4.90 Å². The SMILES string of the molecule is Cc1c(C(=O)N2CCN(c3ccccn3)CC2)cc(-c2ccc(Cl)cc2)n1-c1ccc(Cl)cc1Cl.Cl. The molecule has 0 aliphatic carbocycles. The Bertz CT molecular complexity index is 1360. The molecular weight excluding hydrogens is 538 g/mol. The molecule has 5 rings (SSSR count). The summed E-state index contributed by atoms with van der Waals surface area (Å²) in [6, 6.07) is 20.8. The second-order valence-corrected chi connectivity index (χ2v) is 9.71. The molecule has 0 unspecified atom stereocenters. The number of amides is 1. The summed E-state index contributed by atoms with van der Waals surface area (Å²) in [5.41, 5.74) is 4.02. The highest BCUT2D eigenvalue weighted by Crippen LogP contribution is 2.34. The van der Waals surface area contributed by atoms with E-state index in [2.05, 4.69) is 9.88 Å². The van der Waals surface area contributed by atoms with Gasteiger partial charge in [-0.2, -0.15) is 0 Å². The molecule has 4 aromatic rings. The maximum absolute atomic E-state index is 13.7. The van der Waals surface area contributed by atoms with Crippen LogP contribution in [0.2, 0.25) is 15.1 Å².